The van der Waals surface area contributed by atoms with Crippen LogP contribution in [0.3, 0.4) is 0 Å². The molecule has 0 amide bonds. The first-order valence-corrected chi connectivity index (χ1v) is 18.1. The van der Waals surface area contributed by atoms with Crippen LogP contribution < -0.4 is 4.90 Å². The lowest BCUT2D eigenvalue weighted by Crippen LogP contribution is -2.10. The molecular formula is C48H31NOS. The maximum atomic E-state index is 6.84. The Bertz CT molecular complexity index is 2830. The number of furan rings is 1. The maximum absolute atomic E-state index is 6.84. The number of rotatable bonds is 6. The SMILES string of the molecule is c1ccc(-c2ccc(-c3ccc(N(c4ccc(-c5ccccc5)c5c4oc4ccccc45)c4cccc5c4sc4ccccc45)cc3)cc2)cc1. The van der Waals surface area contributed by atoms with Crippen molar-refractivity contribution in [3.63, 3.8) is 0 Å². The van der Waals surface area contributed by atoms with Crippen molar-refractivity contribution in [1.82, 2.24) is 0 Å². The van der Waals surface area contributed by atoms with Crippen LogP contribution in [0.25, 0.3) is 75.5 Å². The van der Waals surface area contributed by atoms with Gasteiger partial charge in [0.15, 0.2) is 5.58 Å². The van der Waals surface area contributed by atoms with Crippen molar-refractivity contribution in [2.45, 2.75) is 0 Å². The Morgan fingerprint density at radius 2 is 0.961 bits per heavy atom. The summed E-state index contributed by atoms with van der Waals surface area (Å²) in [6, 6.07) is 67.2. The molecule has 0 spiro atoms. The van der Waals surface area contributed by atoms with Crippen LogP contribution in [0.15, 0.2) is 192 Å². The standard InChI is InChI=1S/C48H31NOS/c1-3-12-32(13-4-1)33-22-24-34(25-23-33)35-26-28-37(29-27-35)49(43-19-11-18-40-39-16-8-10-21-45(39)51-48(40)43)42-31-30-38(36-14-5-2-6-15-36)46-41-17-7-9-20-44(41)50-47(42)46/h1-31H. The third-order valence-corrected chi connectivity index (χ3v) is 11.1. The van der Waals surface area contributed by atoms with Gasteiger partial charge in [-0.05, 0) is 69.8 Å². The van der Waals surface area contributed by atoms with Gasteiger partial charge in [-0.3, -0.25) is 0 Å². The van der Waals surface area contributed by atoms with Gasteiger partial charge >= 0.3 is 0 Å². The summed E-state index contributed by atoms with van der Waals surface area (Å²) >= 11 is 1.84. The van der Waals surface area contributed by atoms with Gasteiger partial charge in [0.2, 0.25) is 0 Å². The summed E-state index contributed by atoms with van der Waals surface area (Å²) in [5.74, 6) is 0. The predicted octanol–water partition coefficient (Wildman–Crippen LogP) is 14.4. The Morgan fingerprint density at radius 3 is 1.69 bits per heavy atom. The zero-order chi connectivity index (χ0) is 33.7. The van der Waals surface area contributed by atoms with E-state index in [0.29, 0.717) is 0 Å². The van der Waals surface area contributed by atoms with Gasteiger partial charge in [-0.15, -0.1) is 11.3 Å². The smallest absolute Gasteiger partial charge is 0.160 e. The number of thiophene rings is 1. The molecule has 2 aromatic heterocycles. The molecule has 0 fully saturated rings. The predicted molar refractivity (Wildman–Crippen MR) is 218 cm³/mol. The van der Waals surface area contributed by atoms with Crippen molar-refractivity contribution in [2.75, 3.05) is 4.90 Å². The molecule has 0 radical (unpaired) electrons. The monoisotopic (exact) mass is 669 g/mol. The van der Waals surface area contributed by atoms with Crippen molar-refractivity contribution in [3.05, 3.63) is 188 Å². The molecule has 0 saturated heterocycles. The second-order valence-corrected chi connectivity index (χ2v) is 13.9. The molecule has 2 heterocycles. The van der Waals surface area contributed by atoms with E-state index < -0.39 is 0 Å². The van der Waals surface area contributed by atoms with Crippen LogP contribution in [0.5, 0.6) is 0 Å². The molecule has 0 unspecified atom stereocenters. The number of benzene rings is 8. The summed E-state index contributed by atoms with van der Waals surface area (Å²) in [7, 11) is 0. The van der Waals surface area contributed by atoms with E-state index in [-0.39, 0.29) is 0 Å². The van der Waals surface area contributed by atoms with E-state index >= 15 is 0 Å². The van der Waals surface area contributed by atoms with E-state index in [9.17, 15) is 0 Å². The summed E-state index contributed by atoms with van der Waals surface area (Å²) in [5, 5.41) is 4.78. The molecule has 0 aliphatic carbocycles. The van der Waals surface area contributed by atoms with Crippen LogP contribution in [-0.4, -0.2) is 0 Å². The van der Waals surface area contributed by atoms with Gasteiger partial charge in [0.25, 0.3) is 0 Å². The first kappa shape index (κ1) is 29.5. The van der Waals surface area contributed by atoms with Gasteiger partial charge in [-0.2, -0.15) is 0 Å². The van der Waals surface area contributed by atoms with E-state index in [1.54, 1.807) is 0 Å². The Kier molecular flexibility index (Phi) is 7.04. The van der Waals surface area contributed by atoms with Gasteiger partial charge in [-0.1, -0.05) is 152 Å². The molecule has 2 nitrogen and oxygen atoms in total. The van der Waals surface area contributed by atoms with E-state index in [4.69, 9.17) is 4.42 Å². The molecular weight excluding hydrogens is 639 g/mol. The lowest BCUT2D eigenvalue weighted by molar-refractivity contribution is 0.669. The molecule has 0 bridgehead atoms. The van der Waals surface area contributed by atoms with E-state index in [0.717, 1.165) is 44.6 Å². The molecule has 10 rings (SSSR count). The Morgan fingerprint density at radius 1 is 0.392 bits per heavy atom. The Labute approximate surface area is 300 Å². The average Bonchev–Trinajstić information content (AvgIpc) is 3.79. The van der Waals surface area contributed by atoms with Crippen molar-refractivity contribution in [2.24, 2.45) is 0 Å². The second kappa shape index (κ2) is 12.2. The van der Waals surface area contributed by atoms with Crippen molar-refractivity contribution in [3.8, 4) is 33.4 Å². The molecule has 10 aromatic rings. The van der Waals surface area contributed by atoms with Crippen LogP contribution in [0.2, 0.25) is 0 Å². The van der Waals surface area contributed by atoms with Crippen LogP contribution in [0.4, 0.5) is 17.1 Å². The zero-order valence-corrected chi connectivity index (χ0v) is 28.5. The Hall–Kier alpha value is -6.42. The summed E-state index contributed by atoms with van der Waals surface area (Å²) < 4.78 is 9.37. The molecule has 0 N–H and O–H groups in total. The highest BCUT2D eigenvalue weighted by atomic mass is 32.1. The number of nitrogens with zero attached hydrogens (tertiary/aromatic N) is 1. The molecule has 0 atom stereocenters. The zero-order valence-electron chi connectivity index (χ0n) is 27.7. The van der Waals surface area contributed by atoms with Crippen LogP contribution in [0.1, 0.15) is 0 Å². The quantitative estimate of drug-likeness (QED) is 0.175. The highest BCUT2D eigenvalue weighted by Crippen LogP contribution is 2.49. The van der Waals surface area contributed by atoms with Gasteiger partial charge in [0.1, 0.15) is 5.58 Å². The lowest BCUT2D eigenvalue weighted by atomic mass is 9.98. The molecule has 0 saturated carbocycles. The molecule has 240 valence electrons. The van der Waals surface area contributed by atoms with Gasteiger partial charge in [-0.25, -0.2) is 0 Å². The van der Waals surface area contributed by atoms with Crippen molar-refractivity contribution >= 4 is 70.5 Å². The maximum Gasteiger partial charge on any atom is 0.160 e. The third kappa shape index (κ3) is 5.01. The average molecular weight is 670 g/mol. The number of para-hydroxylation sites is 1. The van der Waals surface area contributed by atoms with Crippen molar-refractivity contribution < 1.29 is 4.42 Å². The fourth-order valence-corrected chi connectivity index (χ4v) is 8.66. The summed E-state index contributed by atoms with van der Waals surface area (Å²) in [6.45, 7) is 0. The van der Waals surface area contributed by atoms with Crippen LogP contribution in [0, 0.1) is 0 Å². The van der Waals surface area contributed by atoms with Crippen LogP contribution in [-0.2, 0) is 0 Å². The fourth-order valence-electron chi connectivity index (χ4n) is 7.45. The topological polar surface area (TPSA) is 16.4 Å². The third-order valence-electron chi connectivity index (χ3n) is 9.91. The summed E-state index contributed by atoms with van der Waals surface area (Å²) in [6.07, 6.45) is 0. The van der Waals surface area contributed by atoms with Crippen molar-refractivity contribution in [1.29, 1.82) is 0 Å². The minimum absolute atomic E-state index is 0.872. The minimum atomic E-state index is 0.872. The normalized spacial score (nSPS) is 11.5. The van der Waals surface area contributed by atoms with Gasteiger partial charge in [0.05, 0.1) is 16.1 Å². The van der Waals surface area contributed by atoms with E-state index in [2.05, 4.69) is 187 Å². The van der Waals surface area contributed by atoms with Gasteiger partial charge < -0.3 is 9.32 Å². The highest BCUT2D eigenvalue weighted by molar-refractivity contribution is 7.26. The molecule has 8 aromatic carbocycles. The Balaban J connectivity index is 1.18. The number of hydrogen-bond acceptors (Lipinski definition) is 3. The van der Waals surface area contributed by atoms with E-state index in [1.165, 1.54) is 48.0 Å². The minimum Gasteiger partial charge on any atom is -0.454 e. The molecule has 51 heavy (non-hydrogen) atoms. The number of anilines is 3. The first-order chi connectivity index (χ1) is 25.3. The summed E-state index contributed by atoms with van der Waals surface area (Å²) in [5.41, 5.74) is 12.1. The van der Waals surface area contributed by atoms with Gasteiger partial charge in [0, 0.05) is 31.9 Å². The lowest BCUT2D eigenvalue weighted by Gasteiger charge is -2.27. The highest BCUT2D eigenvalue weighted by Gasteiger charge is 2.24. The van der Waals surface area contributed by atoms with Crippen LogP contribution >= 0.6 is 11.3 Å². The summed E-state index contributed by atoms with van der Waals surface area (Å²) in [4.78, 5) is 2.39. The molecule has 0 aliphatic rings. The number of fused-ring (bicyclic) bond motifs is 6. The fraction of sp³-hybridized carbons (Fsp3) is 0. The van der Waals surface area contributed by atoms with E-state index in [1.807, 2.05) is 17.4 Å². The largest absolute Gasteiger partial charge is 0.454 e. The second-order valence-electron chi connectivity index (χ2n) is 12.9. The molecule has 3 heteroatoms. The molecule has 0 aliphatic heterocycles. The number of hydrogen-bond donors (Lipinski definition) is 0. The first-order valence-electron chi connectivity index (χ1n) is 17.3.